The van der Waals surface area contributed by atoms with Crippen molar-refractivity contribution >= 4 is 17.4 Å². The molecule has 0 radical (unpaired) electrons. The van der Waals surface area contributed by atoms with Crippen LogP contribution >= 0.6 is 0 Å². The lowest BCUT2D eigenvalue weighted by Gasteiger charge is -2.15. The Bertz CT molecular complexity index is 570. The Morgan fingerprint density at radius 3 is 2.60 bits per heavy atom. The fraction of sp³-hybridized carbons (Fsp3) is 0.529. The van der Waals surface area contributed by atoms with Gasteiger partial charge in [0.05, 0.1) is 11.0 Å². The molecule has 20 heavy (non-hydrogen) atoms. The Hall–Kier alpha value is -1.64. The van der Waals surface area contributed by atoms with Crippen molar-refractivity contribution in [2.45, 2.75) is 52.4 Å². The number of unbranched alkanes of at least 4 members (excludes halogenated alkanes) is 2. The molecule has 0 spiro atoms. The molecule has 1 aromatic rings. The monoisotopic (exact) mass is 274 g/mol. The molecule has 3 nitrogen and oxygen atoms in total. The zero-order chi connectivity index (χ0) is 14.9. The molecule has 0 fully saturated rings. The van der Waals surface area contributed by atoms with Crippen molar-refractivity contribution in [2.75, 3.05) is 6.54 Å². The average molecular weight is 274 g/mol. The summed E-state index contributed by atoms with van der Waals surface area (Å²) in [4.78, 5) is 11.2. The fourth-order valence-corrected chi connectivity index (χ4v) is 2.93. The molecular formula is C17H24NO2+. The maximum absolute atomic E-state index is 11.2. The third kappa shape index (κ3) is 2.37. The average Bonchev–Trinajstić information content (AvgIpc) is 2.59. The summed E-state index contributed by atoms with van der Waals surface area (Å²) in [6.45, 7) is 9.73. The van der Waals surface area contributed by atoms with E-state index in [0.29, 0.717) is 5.56 Å². The molecule has 1 heterocycles. The van der Waals surface area contributed by atoms with Gasteiger partial charge in [-0.3, -0.25) is 0 Å². The number of rotatable bonds is 5. The minimum Gasteiger partial charge on any atom is -0.478 e. The highest BCUT2D eigenvalue weighted by Gasteiger charge is 2.43. The predicted octanol–water partition coefficient (Wildman–Crippen LogP) is 3.97. The fourth-order valence-electron chi connectivity index (χ4n) is 2.93. The molecule has 0 amide bonds. The summed E-state index contributed by atoms with van der Waals surface area (Å²) in [7, 11) is 0. The zero-order valence-electron chi connectivity index (χ0n) is 12.9. The quantitative estimate of drug-likeness (QED) is 0.652. The normalized spacial score (nSPS) is 16.4. The topological polar surface area (TPSA) is 40.3 Å². The van der Waals surface area contributed by atoms with Crippen molar-refractivity contribution in [3.05, 3.63) is 29.3 Å². The molecule has 0 aliphatic carbocycles. The Morgan fingerprint density at radius 1 is 1.30 bits per heavy atom. The van der Waals surface area contributed by atoms with Crippen molar-refractivity contribution in [1.82, 2.24) is 0 Å². The van der Waals surface area contributed by atoms with Crippen LogP contribution in [0.4, 0.5) is 5.69 Å². The maximum atomic E-state index is 11.2. The van der Waals surface area contributed by atoms with Gasteiger partial charge in [0.15, 0.2) is 5.71 Å². The lowest BCUT2D eigenvalue weighted by atomic mass is 9.81. The van der Waals surface area contributed by atoms with Gasteiger partial charge in [-0.15, -0.1) is 0 Å². The van der Waals surface area contributed by atoms with E-state index in [1.807, 2.05) is 12.1 Å². The van der Waals surface area contributed by atoms with E-state index in [1.54, 1.807) is 6.07 Å². The van der Waals surface area contributed by atoms with Gasteiger partial charge in [0.25, 0.3) is 0 Å². The molecule has 2 rings (SSSR count). The van der Waals surface area contributed by atoms with E-state index < -0.39 is 5.97 Å². The summed E-state index contributed by atoms with van der Waals surface area (Å²) in [6.07, 6.45) is 3.61. The van der Waals surface area contributed by atoms with Crippen LogP contribution in [0.3, 0.4) is 0 Å². The van der Waals surface area contributed by atoms with E-state index in [-0.39, 0.29) is 5.41 Å². The molecule has 1 aromatic carbocycles. The maximum Gasteiger partial charge on any atom is 0.335 e. The Labute approximate surface area is 121 Å². The van der Waals surface area contributed by atoms with Crippen molar-refractivity contribution in [3.63, 3.8) is 0 Å². The molecule has 1 N–H and O–H groups in total. The van der Waals surface area contributed by atoms with Crippen LogP contribution < -0.4 is 0 Å². The van der Waals surface area contributed by atoms with Crippen LogP contribution in [0.1, 0.15) is 62.9 Å². The molecule has 0 unspecified atom stereocenters. The van der Waals surface area contributed by atoms with Gasteiger partial charge in [-0.05, 0) is 32.4 Å². The van der Waals surface area contributed by atoms with Crippen LogP contribution in [-0.2, 0) is 5.41 Å². The molecular weight excluding hydrogens is 250 g/mol. The Kier molecular flexibility index (Phi) is 3.98. The zero-order valence-corrected chi connectivity index (χ0v) is 12.9. The summed E-state index contributed by atoms with van der Waals surface area (Å²) in [5, 5.41) is 9.17. The minimum atomic E-state index is -0.856. The van der Waals surface area contributed by atoms with Gasteiger partial charge in [0.2, 0.25) is 5.69 Å². The second-order valence-electron chi connectivity index (χ2n) is 6.11. The van der Waals surface area contributed by atoms with Crippen molar-refractivity contribution in [3.8, 4) is 0 Å². The number of fused-ring (bicyclic) bond motifs is 1. The largest absolute Gasteiger partial charge is 0.478 e. The van der Waals surface area contributed by atoms with Crippen LogP contribution in [0.2, 0.25) is 0 Å². The second kappa shape index (κ2) is 5.39. The summed E-state index contributed by atoms with van der Waals surface area (Å²) in [5.41, 5.74) is 3.90. The first-order valence-electron chi connectivity index (χ1n) is 7.39. The van der Waals surface area contributed by atoms with Gasteiger partial charge in [-0.25, -0.2) is 4.79 Å². The highest BCUT2D eigenvalue weighted by atomic mass is 16.4. The Balaban J connectivity index is 2.42. The van der Waals surface area contributed by atoms with Gasteiger partial charge >= 0.3 is 5.97 Å². The molecule has 1 aliphatic rings. The molecule has 3 heteroatoms. The molecule has 0 aromatic heterocycles. The van der Waals surface area contributed by atoms with E-state index in [2.05, 4.69) is 32.3 Å². The SMILES string of the molecule is CCCCC[N+]1=C(C)C(C)(C)c2cc(C(=O)O)ccc21. The number of hydrogen-bond acceptors (Lipinski definition) is 1. The number of aromatic carboxylic acids is 1. The molecule has 0 bridgehead atoms. The van der Waals surface area contributed by atoms with E-state index >= 15 is 0 Å². The number of carboxylic acid groups (broad SMARTS) is 1. The van der Waals surface area contributed by atoms with Gasteiger partial charge < -0.3 is 5.11 Å². The van der Waals surface area contributed by atoms with Gasteiger partial charge in [-0.1, -0.05) is 13.3 Å². The second-order valence-corrected chi connectivity index (χ2v) is 6.11. The van der Waals surface area contributed by atoms with Crippen LogP contribution in [-0.4, -0.2) is 27.9 Å². The van der Waals surface area contributed by atoms with Crippen molar-refractivity contribution in [1.29, 1.82) is 0 Å². The van der Waals surface area contributed by atoms with E-state index in [1.165, 1.54) is 30.7 Å². The van der Waals surface area contributed by atoms with Crippen molar-refractivity contribution in [2.24, 2.45) is 0 Å². The number of hydrogen-bond donors (Lipinski definition) is 1. The van der Waals surface area contributed by atoms with Crippen LogP contribution in [0.15, 0.2) is 18.2 Å². The highest BCUT2D eigenvalue weighted by molar-refractivity contribution is 5.95. The predicted molar refractivity (Wildman–Crippen MR) is 81.4 cm³/mol. The van der Waals surface area contributed by atoms with Crippen LogP contribution in [0.25, 0.3) is 0 Å². The number of nitrogens with zero attached hydrogens (tertiary/aromatic N) is 1. The molecule has 0 atom stereocenters. The third-order valence-electron chi connectivity index (χ3n) is 4.50. The van der Waals surface area contributed by atoms with Gasteiger partial charge in [0, 0.05) is 25.0 Å². The smallest absolute Gasteiger partial charge is 0.335 e. The lowest BCUT2D eigenvalue weighted by Crippen LogP contribution is -2.26. The van der Waals surface area contributed by atoms with Gasteiger partial charge in [-0.2, -0.15) is 4.58 Å². The molecule has 1 aliphatic heterocycles. The number of carbonyl (C=O) groups is 1. The number of benzene rings is 1. The standard InChI is InChI=1S/C17H23NO2/c1-5-6-7-10-18-12(2)17(3,4)14-11-13(16(19)20)8-9-15(14)18/h8-9,11H,5-7,10H2,1-4H3/p+1. The van der Waals surface area contributed by atoms with E-state index in [0.717, 1.165) is 12.1 Å². The molecule has 0 saturated carbocycles. The molecule has 108 valence electrons. The van der Waals surface area contributed by atoms with E-state index in [9.17, 15) is 9.90 Å². The summed E-state index contributed by atoms with van der Waals surface area (Å²) in [6, 6.07) is 5.51. The Morgan fingerprint density at radius 2 is 2.00 bits per heavy atom. The van der Waals surface area contributed by atoms with Gasteiger partial charge in [0.1, 0.15) is 6.54 Å². The first kappa shape index (κ1) is 14.8. The first-order valence-corrected chi connectivity index (χ1v) is 7.39. The summed E-state index contributed by atoms with van der Waals surface area (Å²) >= 11 is 0. The number of carboxylic acids is 1. The lowest BCUT2D eigenvalue weighted by molar-refractivity contribution is -0.439. The van der Waals surface area contributed by atoms with Crippen LogP contribution in [0.5, 0.6) is 0 Å². The molecule has 0 saturated heterocycles. The third-order valence-corrected chi connectivity index (χ3v) is 4.50. The minimum absolute atomic E-state index is 0.0903. The summed E-state index contributed by atoms with van der Waals surface area (Å²) < 4.78 is 2.36. The first-order chi connectivity index (χ1) is 9.39. The summed E-state index contributed by atoms with van der Waals surface area (Å²) in [5.74, 6) is -0.856. The highest BCUT2D eigenvalue weighted by Crippen LogP contribution is 2.40. The van der Waals surface area contributed by atoms with E-state index in [4.69, 9.17) is 0 Å². The van der Waals surface area contributed by atoms with Crippen molar-refractivity contribution < 1.29 is 14.5 Å². The van der Waals surface area contributed by atoms with Crippen LogP contribution in [0, 0.1) is 0 Å².